The first-order chi connectivity index (χ1) is 5.88. The van der Waals surface area contributed by atoms with Crippen LogP contribution in [0.2, 0.25) is 0 Å². The molecule has 5 heteroatoms. The summed E-state index contributed by atoms with van der Waals surface area (Å²) in [6, 6.07) is 3.47. The second-order valence-corrected chi connectivity index (χ2v) is 4.71. The van der Waals surface area contributed by atoms with E-state index < -0.39 is 10.0 Å². The van der Waals surface area contributed by atoms with E-state index in [1.165, 1.54) is 0 Å². The summed E-state index contributed by atoms with van der Waals surface area (Å²) in [5.74, 6) is 0. The van der Waals surface area contributed by atoms with Gasteiger partial charge in [-0.15, -0.1) is 0 Å². The van der Waals surface area contributed by atoms with Gasteiger partial charge in [0.15, 0.2) is 0 Å². The lowest BCUT2D eigenvalue weighted by atomic mass is 10.3. The van der Waals surface area contributed by atoms with Crippen LogP contribution in [0.4, 0.5) is 5.69 Å². The van der Waals surface area contributed by atoms with Gasteiger partial charge in [-0.05, 0) is 26.0 Å². The van der Waals surface area contributed by atoms with Crippen molar-refractivity contribution in [1.29, 1.82) is 0 Å². The van der Waals surface area contributed by atoms with E-state index in [0.717, 1.165) is 11.9 Å². The topological polar surface area (TPSA) is 59.1 Å². The van der Waals surface area contributed by atoms with Gasteiger partial charge in [0, 0.05) is 5.69 Å². The Morgan fingerprint density at radius 2 is 1.92 bits per heavy atom. The van der Waals surface area contributed by atoms with E-state index in [-0.39, 0.29) is 0 Å². The molecule has 0 saturated carbocycles. The maximum absolute atomic E-state index is 10.9. The standard InChI is InChI=1S/C8H12N2O2S/c1-6-4-5-8(7(2)9-6)10-13(3,11)12/h4-5,10H,1-3H3. The Balaban J connectivity index is 3.04. The molecule has 1 heterocycles. The number of sulfonamides is 1. The average Bonchev–Trinajstić information content (AvgIpc) is 1.93. The fourth-order valence-electron chi connectivity index (χ4n) is 0.994. The molecule has 0 fully saturated rings. The minimum atomic E-state index is -3.20. The predicted octanol–water partition coefficient (Wildman–Crippen LogP) is 1.07. The van der Waals surface area contributed by atoms with Crippen molar-refractivity contribution in [1.82, 2.24) is 4.98 Å². The highest BCUT2D eigenvalue weighted by molar-refractivity contribution is 7.92. The molecule has 0 amide bonds. The molecule has 1 N–H and O–H groups in total. The zero-order valence-corrected chi connectivity index (χ0v) is 8.64. The SMILES string of the molecule is Cc1ccc(NS(C)(=O)=O)c(C)n1. The zero-order chi connectivity index (χ0) is 10.1. The first kappa shape index (κ1) is 9.98. The molecule has 0 aliphatic heterocycles. The first-order valence-corrected chi connectivity index (χ1v) is 5.70. The molecule has 1 aromatic heterocycles. The molecule has 0 aliphatic rings. The van der Waals surface area contributed by atoms with Gasteiger partial charge in [0.2, 0.25) is 10.0 Å². The lowest BCUT2D eigenvalue weighted by Crippen LogP contribution is -2.11. The normalized spacial score (nSPS) is 11.3. The third-order valence-electron chi connectivity index (χ3n) is 1.52. The van der Waals surface area contributed by atoms with Crippen molar-refractivity contribution >= 4 is 15.7 Å². The Morgan fingerprint density at radius 1 is 1.31 bits per heavy atom. The molecule has 0 saturated heterocycles. The molecule has 1 rings (SSSR count). The number of anilines is 1. The van der Waals surface area contributed by atoms with Crippen molar-refractivity contribution in [2.75, 3.05) is 11.0 Å². The van der Waals surface area contributed by atoms with Gasteiger partial charge in [-0.2, -0.15) is 0 Å². The van der Waals surface area contributed by atoms with Gasteiger partial charge in [-0.3, -0.25) is 9.71 Å². The number of aryl methyl sites for hydroxylation is 2. The van der Waals surface area contributed by atoms with Gasteiger partial charge in [0.05, 0.1) is 17.6 Å². The van der Waals surface area contributed by atoms with Crippen molar-refractivity contribution in [2.45, 2.75) is 13.8 Å². The molecular weight excluding hydrogens is 188 g/mol. The van der Waals surface area contributed by atoms with Crippen LogP contribution < -0.4 is 4.72 Å². The van der Waals surface area contributed by atoms with Crippen molar-refractivity contribution < 1.29 is 8.42 Å². The number of pyridine rings is 1. The van der Waals surface area contributed by atoms with Gasteiger partial charge in [-0.25, -0.2) is 8.42 Å². The summed E-state index contributed by atoms with van der Waals surface area (Å²) >= 11 is 0. The van der Waals surface area contributed by atoms with E-state index in [2.05, 4.69) is 9.71 Å². The van der Waals surface area contributed by atoms with Gasteiger partial charge >= 0.3 is 0 Å². The minimum Gasteiger partial charge on any atom is -0.282 e. The third kappa shape index (κ3) is 3.02. The van der Waals surface area contributed by atoms with E-state index in [1.54, 1.807) is 19.1 Å². The first-order valence-electron chi connectivity index (χ1n) is 3.80. The Kier molecular flexibility index (Phi) is 2.56. The van der Waals surface area contributed by atoms with Crippen LogP contribution in [-0.4, -0.2) is 19.7 Å². The van der Waals surface area contributed by atoms with E-state index in [0.29, 0.717) is 11.4 Å². The number of aromatic nitrogens is 1. The fraction of sp³-hybridized carbons (Fsp3) is 0.375. The lowest BCUT2D eigenvalue weighted by molar-refractivity contribution is 0.606. The molecule has 0 bridgehead atoms. The smallest absolute Gasteiger partial charge is 0.229 e. The van der Waals surface area contributed by atoms with Gasteiger partial charge in [-0.1, -0.05) is 0 Å². The Morgan fingerprint density at radius 3 is 2.38 bits per heavy atom. The van der Waals surface area contributed by atoms with Crippen LogP contribution in [0.25, 0.3) is 0 Å². The highest BCUT2D eigenvalue weighted by Gasteiger charge is 2.04. The number of hydrogen-bond donors (Lipinski definition) is 1. The summed E-state index contributed by atoms with van der Waals surface area (Å²) in [7, 11) is -3.20. The van der Waals surface area contributed by atoms with Gasteiger partial charge in [0.1, 0.15) is 0 Å². The fourth-order valence-corrected chi connectivity index (χ4v) is 1.61. The molecule has 4 nitrogen and oxygen atoms in total. The van der Waals surface area contributed by atoms with Crippen LogP contribution in [0.1, 0.15) is 11.4 Å². The lowest BCUT2D eigenvalue weighted by Gasteiger charge is -2.06. The maximum Gasteiger partial charge on any atom is 0.229 e. The van der Waals surface area contributed by atoms with Crippen LogP contribution in [0.15, 0.2) is 12.1 Å². The zero-order valence-electron chi connectivity index (χ0n) is 7.83. The molecule has 0 radical (unpaired) electrons. The number of nitrogens with zero attached hydrogens (tertiary/aromatic N) is 1. The average molecular weight is 200 g/mol. The third-order valence-corrected chi connectivity index (χ3v) is 2.11. The van der Waals surface area contributed by atoms with Crippen molar-refractivity contribution in [3.05, 3.63) is 23.5 Å². The van der Waals surface area contributed by atoms with E-state index in [9.17, 15) is 8.42 Å². The molecule has 0 spiro atoms. The number of hydrogen-bond acceptors (Lipinski definition) is 3. The molecule has 1 aromatic rings. The Hall–Kier alpha value is -1.10. The van der Waals surface area contributed by atoms with Gasteiger partial charge < -0.3 is 0 Å². The second kappa shape index (κ2) is 3.33. The highest BCUT2D eigenvalue weighted by Crippen LogP contribution is 2.13. The van der Waals surface area contributed by atoms with Gasteiger partial charge in [0.25, 0.3) is 0 Å². The largest absolute Gasteiger partial charge is 0.282 e. The summed E-state index contributed by atoms with van der Waals surface area (Å²) in [5, 5.41) is 0. The van der Waals surface area contributed by atoms with Crippen LogP contribution >= 0.6 is 0 Å². The van der Waals surface area contributed by atoms with Crippen LogP contribution in [-0.2, 0) is 10.0 Å². The maximum atomic E-state index is 10.9. The van der Waals surface area contributed by atoms with E-state index in [4.69, 9.17) is 0 Å². The van der Waals surface area contributed by atoms with Crippen LogP contribution in [0.3, 0.4) is 0 Å². The second-order valence-electron chi connectivity index (χ2n) is 2.96. The van der Waals surface area contributed by atoms with Crippen molar-refractivity contribution in [2.24, 2.45) is 0 Å². The molecule has 13 heavy (non-hydrogen) atoms. The predicted molar refractivity (Wildman–Crippen MR) is 52.2 cm³/mol. The Labute approximate surface area is 78.1 Å². The molecule has 0 unspecified atom stereocenters. The quantitative estimate of drug-likeness (QED) is 0.776. The minimum absolute atomic E-state index is 0.535. The summed E-state index contributed by atoms with van der Waals surface area (Å²) in [6.07, 6.45) is 1.12. The number of nitrogens with one attached hydrogen (secondary N) is 1. The summed E-state index contributed by atoms with van der Waals surface area (Å²) in [4.78, 5) is 4.13. The summed E-state index contributed by atoms with van der Waals surface area (Å²) in [5.41, 5.74) is 2.09. The Bertz CT molecular complexity index is 412. The summed E-state index contributed by atoms with van der Waals surface area (Å²) in [6.45, 7) is 3.62. The van der Waals surface area contributed by atoms with E-state index in [1.807, 2.05) is 6.92 Å². The molecule has 72 valence electrons. The molecule has 0 aliphatic carbocycles. The van der Waals surface area contributed by atoms with Crippen LogP contribution in [0.5, 0.6) is 0 Å². The highest BCUT2D eigenvalue weighted by atomic mass is 32.2. The molecule has 0 aromatic carbocycles. The van der Waals surface area contributed by atoms with Crippen LogP contribution in [0, 0.1) is 13.8 Å². The monoisotopic (exact) mass is 200 g/mol. The number of rotatable bonds is 2. The molecular formula is C8H12N2O2S. The summed E-state index contributed by atoms with van der Waals surface area (Å²) < 4.78 is 24.2. The molecule has 0 atom stereocenters. The van der Waals surface area contributed by atoms with Crippen molar-refractivity contribution in [3.63, 3.8) is 0 Å². The van der Waals surface area contributed by atoms with E-state index >= 15 is 0 Å². The van der Waals surface area contributed by atoms with Crippen molar-refractivity contribution in [3.8, 4) is 0 Å².